The zero-order valence-electron chi connectivity index (χ0n) is 10.3. The van der Waals surface area contributed by atoms with Gasteiger partial charge in [-0.3, -0.25) is 0 Å². The molecule has 0 radical (unpaired) electrons. The van der Waals surface area contributed by atoms with Crippen LogP contribution in [0.4, 0.5) is 4.39 Å². The summed E-state index contributed by atoms with van der Waals surface area (Å²) in [6.45, 7) is 0.0633. The molecule has 0 amide bonds. The Morgan fingerprint density at radius 3 is 2.53 bits per heavy atom. The quantitative estimate of drug-likeness (QED) is 0.853. The molecule has 0 aliphatic carbocycles. The van der Waals surface area contributed by atoms with E-state index >= 15 is 0 Å². The SMILES string of the molecule is OCCC#Cc1ccc(Oc2cccc(F)c2)cc1. The van der Waals surface area contributed by atoms with Gasteiger partial charge >= 0.3 is 0 Å². The Morgan fingerprint density at radius 2 is 1.84 bits per heavy atom. The van der Waals surface area contributed by atoms with Gasteiger partial charge in [-0.2, -0.15) is 0 Å². The Hall–Kier alpha value is -2.31. The Morgan fingerprint density at radius 1 is 1.05 bits per heavy atom. The van der Waals surface area contributed by atoms with Crippen molar-refractivity contribution in [3.63, 3.8) is 0 Å². The summed E-state index contributed by atoms with van der Waals surface area (Å²) in [4.78, 5) is 0. The lowest BCUT2D eigenvalue weighted by atomic mass is 10.2. The summed E-state index contributed by atoms with van der Waals surface area (Å²) in [7, 11) is 0. The molecule has 2 rings (SSSR count). The fraction of sp³-hybridized carbons (Fsp3) is 0.125. The van der Waals surface area contributed by atoms with Crippen molar-refractivity contribution >= 4 is 0 Å². The molecule has 0 spiro atoms. The van der Waals surface area contributed by atoms with Gasteiger partial charge in [-0.25, -0.2) is 4.39 Å². The molecule has 2 aromatic carbocycles. The van der Waals surface area contributed by atoms with Crippen LogP contribution in [0.3, 0.4) is 0 Å². The molecule has 0 heterocycles. The third-order valence-corrected chi connectivity index (χ3v) is 2.36. The van der Waals surface area contributed by atoms with Crippen molar-refractivity contribution in [1.29, 1.82) is 0 Å². The van der Waals surface area contributed by atoms with Crippen molar-refractivity contribution in [3.8, 4) is 23.3 Å². The molecule has 96 valence electrons. The summed E-state index contributed by atoms with van der Waals surface area (Å²) in [6.07, 6.45) is 0.460. The van der Waals surface area contributed by atoms with Crippen LogP contribution in [0.15, 0.2) is 48.5 Å². The van der Waals surface area contributed by atoms with E-state index in [-0.39, 0.29) is 12.4 Å². The van der Waals surface area contributed by atoms with E-state index in [1.165, 1.54) is 12.1 Å². The Labute approximate surface area is 111 Å². The topological polar surface area (TPSA) is 29.5 Å². The number of aliphatic hydroxyl groups is 1. The molecule has 0 unspecified atom stereocenters. The number of rotatable bonds is 3. The van der Waals surface area contributed by atoms with Gasteiger partial charge in [0.1, 0.15) is 17.3 Å². The molecule has 3 heteroatoms. The van der Waals surface area contributed by atoms with Crippen LogP contribution >= 0.6 is 0 Å². The van der Waals surface area contributed by atoms with Gasteiger partial charge in [-0.1, -0.05) is 17.9 Å². The van der Waals surface area contributed by atoms with Crippen LogP contribution in [-0.4, -0.2) is 11.7 Å². The zero-order chi connectivity index (χ0) is 13.5. The van der Waals surface area contributed by atoms with Crippen LogP contribution in [0.25, 0.3) is 0 Å². The van der Waals surface area contributed by atoms with Crippen LogP contribution in [0.2, 0.25) is 0 Å². The number of aliphatic hydroxyl groups excluding tert-OH is 1. The molecule has 19 heavy (non-hydrogen) atoms. The first-order valence-electron chi connectivity index (χ1n) is 5.91. The van der Waals surface area contributed by atoms with Gasteiger partial charge in [0, 0.05) is 18.1 Å². The van der Waals surface area contributed by atoms with Crippen LogP contribution < -0.4 is 4.74 Å². The third-order valence-electron chi connectivity index (χ3n) is 2.36. The van der Waals surface area contributed by atoms with Crippen molar-refractivity contribution in [2.75, 3.05) is 6.61 Å². The fourth-order valence-electron chi connectivity index (χ4n) is 1.49. The largest absolute Gasteiger partial charge is 0.457 e. The number of ether oxygens (including phenoxy) is 1. The lowest BCUT2D eigenvalue weighted by Crippen LogP contribution is -1.85. The molecule has 1 N–H and O–H groups in total. The first-order chi connectivity index (χ1) is 9.28. The highest BCUT2D eigenvalue weighted by atomic mass is 19.1. The van der Waals surface area contributed by atoms with Gasteiger partial charge in [0.15, 0.2) is 0 Å². The lowest BCUT2D eigenvalue weighted by molar-refractivity contribution is 0.305. The van der Waals surface area contributed by atoms with Crippen molar-refractivity contribution in [2.45, 2.75) is 6.42 Å². The first-order valence-corrected chi connectivity index (χ1v) is 5.91. The van der Waals surface area contributed by atoms with E-state index in [1.807, 2.05) is 12.1 Å². The Bertz CT molecular complexity index is 594. The van der Waals surface area contributed by atoms with Gasteiger partial charge in [-0.15, -0.1) is 0 Å². The maximum atomic E-state index is 13.0. The summed E-state index contributed by atoms with van der Waals surface area (Å²) in [5, 5.41) is 8.62. The Kier molecular flexibility index (Phi) is 4.54. The van der Waals surface area contributed by atoms with E-state index < -0.39 is 0 Å². The van der Waals surface area contributed by atoms with Gasteiger partial charge in [0.05, 0.1) is 6.61 Å². The summed E-state index contributed by atoms with van der Waals surface area (Å²) < 4.78 is 18.5. The van der Waals surface area contributed by atoms with E-state index in [4.69, 9.17) is 9.84 Å². The van der Waals surface area contributed by atoms with Crippen molar-refractivity contribution in [3.05, 3.63) is 59.9 Å². The molecule has 0 saturated carbocycles. The first kappa shape index (κ1) is 13.1. The molecule has 0 saturated heterocycles. The molecular weight excluding hydrogens is 243 g/mol. The van der Waals surface area contributed by atoms with Crippen LogP contribution in [0.1, 0.15) is 12.0 Å². The molecule has 0 aliphatic rings. The third kappa shape index (κ3) is 4.13. The second-order valence-corrected chi connectivity index (χ2v) is 3.86. The van der Waals surface area contributed by atoms with E-state index in [0.717, 1.165) is 5.56 Å². The second kappa shape index (κ2) is 6.58. The highest BCUT2D eigenvalue weighted by Crippen LogP contribution is 2.21. The predicted octanol–water partition coefficient (Wildman–Crippen LogP) is 3.35. The van der Waals surface area contributed by atoms with E-state index in [0.29, 0.717) is 17.9 Å². The minimum absolute atomic E-state index is 0.0633. The number of halogens is 1. The average Bonchev–Trinajstić information content (AvgIpc) is 2.41. The predicted molar refractivity (Wildman–Crippen MR) is 71.5 cm³/mol. The zero-order valence-corrected chi connectivity index (χ0v) is 10.3. The summed E-state index contributed by atoms with van der Waals surface area (Å²) in [5.41, 5.74) is 0.847. The highest BCUT2D eigenvalue weighted by Gasteiger charge is 1.98. The molecule has 0 bridgehead atoms. The smallest absolute Gasteiger partial charge is 0.130 e. The van der Waals surface area contributed by atoms with E-state index in [1.54, 1.807) is 24.3 Å². The minimum atomic E-state index is -0.330. The summed E-state index contributed by atoms with van der Waals surface area (Å²) >= 11 is 0. The highest BCUT2D eigenvalue weighted by molar-refractivity contribution is 5.40. The Balaban J connectivity index is 2.05. The summed E-state index contributed by atoms with van der Waals surface area (Å²) in [5.74, 6) is 6.51. The normalized spacial score (nSPS) is 9.58. The van der Waals surface area contributed by atoms with Crippen LogP contribution in [0, 0.1) is 17.7 Å². The van der Waals surface area contributed by atoms with E-state index in [2.05, 4.69) is 11.8 Å². The van der Waals surface area contributed by atoms with Crippen molar-refractivity contribution < 1.29 is 14.2 Å². The van der Waals surface area contributed by atoms with Crippen molar-refractivity contribution in [2.24, 2.45) is 0 Å². The molecular formula is C16H13FO2. The van der Waals surface area contributed by atoms with Gasteiger partial charge in [-0.05, 0) is 36.4 Å². The number of hydrogen-bond acceptors (Lipinski definition) is 2. The maximum absolute atomic E-state index is 13.0. The molecule has 0 atom stereocenters. The fourth-order valence-corrected chi connectivity index (χ4v) is 1.49. The molecule has 2 aromatic rings. The summed E-state index contributed by atoms with van der Waals surface area (Å²) in [6, 6.07) is 13.2. The monoisotopic (exact) mass is 256 g/mol. The maximum Gasteiger partial charge on any atom is 0.130 e. The number of hydrogen-bond donors (Lipinski definition) is 1. The van der Waals surface area contributed by atoms with Gasteiger partial charge in [0.2, 0.25) is 0 Å². The lowest BCUT2D eigenvalue weighted by Gasteiger charge is -2.05. The van der Waals surface area contributed by atoms with Gasteiger partial charge in [0.25, 0.3) is 0 Å². The van der Waals surface area contributed by atoms with Crippen LogP contribution in [-0.2, 0) is 0 Å². The molecule has 0 fully saturated rings. The molecule has 2 nitrogen and oxygen atoms in total. The molecule has 0 aromatic heterocycles. The van der Waals surface area contributed by atoms with E-state index in [9.17, 15) is 4.39 Å². The van der Waals surface area contributed by atoms with Crippen molar-refractivity contribution in [1.82, 2.24) is 0 Å². The number of benzene rings is 2. The minimum Gasteiger partial charge on any atom is -0.457 e. The second-order valence-electron chi connectivity index (χ2n) is 3.86. The standard InChI is InChI=1S/C16H13FO2/c17-14-5-3-6-16(12-14)19-15-9-7-13(8-10-15)4-1-2-11-18/h3,5-10,12,18H,2,11H2. The average molecular weight is 256 g/mol. The van der Waals surface area contributed by atoms with Gasteiger partial charge < -0.3 is 9.84 Å². The molecule has 0 aliphatic heterocycles. The van der Waals surface area contributed by atoms with Crippen LogP contribution in [0.5, 0.6) is 11.5 Å².